The molecule has 1 fully saturated rings. The van der Waals surface area contributed by atoms with Gasteiger partial charge in [-0.15, -0.1) is 0 Å². The molecule has 3 heteroatoms. The Hall–Kier alpha value is -1.90. The fraction of sp³-hybridized carbons (Fsp3) is 0.583. The number of ether oxygens (including phenoxy) is 1. The summed E-state index contributed by atoms with van der Waals surface area (Å²) in [5.41, 5.74) is 2.29. The van der Waals surface area contributed by atoms with Crippen LogP contribution < -0.4 is 4.74 Å². The van der Waals surface area contributed by atoms with Gasteiger partial charge in [0, 0.05) is 18.0 Å². The molecule has 0 N–H and O–H groups in total. The van der Waals surface area contributed by atoms with Crippen molar-refractivity contribution in [1.29, 1.82) is 0 Å². The van der Waals surface area contributed by atoms with Crippen LogP contribution in [0, 0.1) is 11.8 Å². The molecule has 0 saturated heterocycles. The molecule has 1 saturated carbocycles. The van der Waals surface area contributed by atoms with Crippen molar-refractivity contribution in [3.63, 3.8) is 0 Å². The lowest BCUT2D eigenvalue weighted by molar-refractivity contribution is 0.249. The van der Waals surface area contributed by atoms with Crippen molar-refractivity contribution in [3.05, 3.63) is 42.2 Å². The second-order valence-electron chi connectivity index (χ2n) is 8.06. The van der Waals surface area contributed by atoms with E-state index in [1.165, 1.54) is 63.4 Å². The van der Waals surface area contributed by atoms with Gasteiger partial charge in [-0.25, -0.2) is 9.97 Å². The summed E-state index contributed by atoms with van der Waals surface area (Å²) in [7, 11) is 1.68. The first-order valence-corrected chi connectivity index (χ1v) is 10.7. The quantitative estimate of drug-likeness (QED) is 0.477. The normalized spacial score (nSPS) is 19.8. The highest BCUT2D eigenvalue weighted by Crippen LogP contribution is 2.34. The number of aryl methyl sites for hydroxylation is 1. The van der Waals surface area contributed by atoms with Crippen molar-refractivity contribution >= 4 is 0 Å². The van der Waals surface area contributed by atoms with E-state index in [-0.39, 0.29) is 0 Å². The topological polar surface area (TPSA) is 35.0 Å². The third-order valence-electron chi connectivity index (χ3n) is 6.08. The van der Waals surface area contributed by atoms with E-state index in [2.05, 4.69) is 16.9 Å². The molecule has 1 aromatic heterocycles. The smallest absolute Gasteiger partial charge is 0.159 e. The fourth-order valence-electron chi connectivity index (χ4n) is 4.24. The first kappa shape index (κ1) is 19.9. The summed E-state index contributed by atoms with van der Waals surface area (Å²) in [5.74, 6) is 3.54. The molecule has 0 atom stereocenters. The highest BCUT2D eigenvalue weighted by atomic mass is 16.5. The van der Waals surface area contributed by atoms with E-state index in [4.69, 9.17) is 4.74 Å². The molecule has 0 unspecified atom stereocenters. The van der Waals surface area contributed by atoms with E-state index in [1.54, 1.807) is 7.11 Å². The summed E-state index contributed by atoms with van der Waals surface area (Å²) in [6.07, 6.45) is 17.8. The number of aromatic nitrogens is 2. The molecule has 0 radical (unpaired) electrons. The summed E-state index contributed by atoms with van der Waals surface area (Å²) >= 11 is 0. The first-order chi connectivity index (χ1) is 13.3. The zero-order valence-corrected chi connectivity index (χ0v) is 17.0. The Labute approximate surface area is 164 Å². The monoisotopic (exact) mass is 366 g/mol. The Morgan fingerprint density at radius 2 is 1.52 bits per heavy atom. The molecule has 1 aliphatic rings. The van der Waals surface area contributed by atoms with Gasteiger partial charge >= 0.3 is 0 Å². The van der Waals surface area contributed by atoms with Crippen LogP contribution in [0.3, 0.4) is 0 Å². The molecule has 146 valence electrons. The van der Waals surface area contributed by atoms with Crippen LogP contribution in [0.5, 0.6) is 5.75 Å². The minimum Gasteiger partial charge on any atom is -0.497 e. The lowest BCUT2D eigenvalue weighted by atomic mass is 9.78. The van der Waals surface area contributed by atoms with Crippen molar-refractivity contribution in [1.82, 2.24) is 9.97 Å². The zero-order valence-electron chi connectivity index (χ0n) is 17.0. The molecule has 1 aliphatic carbocycles. The van der Waals surface area contributed by atoms with Crippen LogP contribution >= 0.6 is 0 Å². The van der Waals surface area contributed by atoms with Gasteiger partial charge in [-0.3, -0.25) is 0 Å². The van der Waals surface area contributed by atoms with Gasteiger partial charge in [-0.1, -0.05) is 58.3 Å². The molecule has 0 aliphatic heterocycles. The molecule has 0 spiro atoms. The summed E-state index contributed by atoms with van der Waals surface area (Å²) < 4.78 is 5.20. The van der Waals surface area contributed by atoms with Crippen LogP contribution in [0.1, 0.15) is 70.3 Å². The highest BCUT2D eigenvalue weighted by molar-refractivity contribution is 5.55. The molecule has 0 amide bonds. The molecule has 2 aromatic rings. The van der Waals surface area contributed by atoms with E-state index >= 15 is 0 Å². The number of hydrogen-bond donors (Lipinski definition) is 0. The first-order valence-electron chi connectivity index (χ1n) is 10.7. The van der Waals surface area contributed by atoms with Gasteiger partial charge < -0.3 is 4.74 Å². The third-order valence-corrected chi connectivity index (χ3v) is 6.08. The van der Waals surface area contributed by atoms with Gasteiger partial charge in [-0.05, 0) is 54.5 Å². The van der Waals surface area contributed by atoms with Crippen LogP contribution in [-0.2, 0) is 6.42 Å². The summed E-state index contributed by atoms with van der Waals surface area (Å²) in [6, 6.07) is 7.91. The molecular formula is C24H34N2O. The molecular weight excluding hydrogens is 332 g/mol. The highest BCUT2D eigenvalue weighted by Gasteiger charge is 2.20. The molecule has 3 nitrogen and oxygen atoms in total. The second-order valence-corrected chi connectivity index (χ2v) is 8.06. The van der Waals surface area contributed by atoms with Crippen LogP contribution in [0.2, 0.25) is 0 Å². The minimum absolute atomic E-state index is 0.786. The zero-order chi connectivity index (χ0) is 18.9. The lowest BCUT2D eigenvalue weighted by Gasteiger charge is -2.28. The summed E-state index contributed by atoms with van der Waals surface area (Å²) in [4.78, 5) is 9.14. The SMILES string of the molecule is CCCCCC1CCC(CCc2cnc(-c3ccc(OC)cc3)nc2)CC1. The van der Waals surface area contributed by atoms with Gasteiger partial charge in [0.25, 0.3) is 0 Å². The van der Waals surface area contributed by atoms with Crippen molar-refractivity contribution < 1.29 is 4.74 Å². The average molecular weight is 367 g/mol. The summed E-state index contributed by atoms with van der Waals surface area (Å²) in [5, 5.41) is 0. The third kappa shape index (κ3) is 6.05. The molecule has 1 heterocycles. The van der Waals surface area contributed by atoms with Crippen LogP contribution in [0.15, 0.2) is 36.7 Å². The van der Waals surface area contributed by atoms with Crippen molar-refractivity contribution in [2.24, 2.45) is 11.8 Å². The van der Waals surface area contributed by atoms with Crippen molar-refractivity contribution in [2.75, 3.05) is 7.11 Å². The average Bonchev–Trinajstić information content (AvgIpc) is 2.74. The molecule has 0 bridgehead atoms. The number of nitrogens with zero attached hydrogens (tertiary/aromatic N) is 2. The number of rotatable bonds is 9. The number of benzene rings is 1. The van der Waals surface area contributed by atoms with Crippen LogP contribution in [-0.4, -0.2) is 17.1 Å². The second kappa shape index (κ2) is 10.4. The molecule has 3 rings (SSSR count). The largest absolute Gasteiger partial charge is 0.497 e. The number of methoxy groups -OCH3 is 1. The summed E-state index contributed by atoms with van der Waals surface area (Å²) in [6.45, 7) is 2.30. The maximum atomic E-state index is 5.20. The maximum Gasteiger partial charge on any atom is 0.159 e. The molecule has 27 heavy (non-hydrogen) atoms. The van der Waals surface area contributed by atoms with E-state index in [0.717, 1.165) is 35.4 Å². The number of unbranched alkanes of at least 4 members (excludes halogenated alkanes) is 2. The van der Waals surface area contributed by atoms with Gasteiger partial charge in [0.15, 0.2) is 5.82 Å². The van der Waals surface area contributed by atoms with E-state index in [1.807, 2.05) is 36.7 Å². The van der Waals surface area contributed by atoms with E-state index in [9.17, 15) is 0 Å². The van der Waals surface area contributed by atoms with Crippen LogP contribution in [0.25, 0.3) is 11.4 Å². The maximum absolute atomic E-state index is 5.20. The van der Waals surface area contributed by atoms with Gasteiger partial charge in [-0.2, -0.15) is 0 Å². The van der Waals surface area contributed by atoms with Crippen LogP contribution in [0.4, 0.5) is 0 Å². The van der Waals surface area contributed by atoms with Gasteiger partial charge in [0.2, 0.25) is 0 Å². The Kier molecular flexibility index (Phi) is 7.67. The Balaban J connectivity index is 1.42. The Bertz CT molecular complexity index is 658. The van der Waals surface area contributed by atoms with Gasteiger partial charge in [0.05, 0.1) is 7.11 Å². The van der Waals surface area contributed by atoms with Crippen molar-refractivity contribution in [3.8, 4) is 17.1 Å². The standard InChI is InChI=1S/C24H34N2O/c1-3-4-5-6-19-7-9-20(10-8-19)11-12-21-17-25-24(26-18-21)22-13-15-23(27-2)16-14-22/h13-20H,3-12H2,1-2H3. The fourth-order valence-corrected chi connectivity index (χ4v) is 4.24. The van der Waals surface area contributed by atoms with E-state index < -0.39 is 0 Å². The van der Waals surface area contributed by atoms with Gasteiger partial charge in [0.1, 0.15) is 5.75 Å². The lowest BCUT2D eigenvalue weighted by Crippen LogP contribution is -2.15. The van der Waals surface area contributed by atoms with Crippen molar-refractivity contribution in [2.45, 2.75) is 71.1 Å². The minimum atomic E-state index is 0.786. The molecule has 1 aromatic carbocycles. The number of hydrogen-bond acceptors (Lipinski definition) is 3. The Morgan fingerprint density at radius 3 is 2.11 bits per heavy atom. The predicted molar refractivity (Wildman–Crippen MR) is 112 cm³/mol. The predicted octanol–water partition coefficient (Wildman–Crippen LogP) is 6.47. The Morgan fingerprint density at radius 1 is 0.889 bits per heavy atom. The van der Waals surface area contributed by atoms with E-state index in [0.29, 0.717) is 0 Å².